The molecule has 1 heterocycles. The lowest BCUT2D eigenvalue weighted by Gasteiger charge is -2.35. The minimum atomic E-state index is -0.294. The number of nitrogens with zero attached hydrogens (tertiary/aromatic N) is 1. The molecule has 1 aliphatic heterocycles. The van der Waals surface area contributed by atoms with Gasteiger partial charge in [-0.05, 0) is 37.3 Å². The Kier molecular flexibility index (Phi) is 5.71. The van der Waals surface area contributed by atoms with Crippen molar-refractivity contribution in [3.8, 4) is 0 Å². The Morgan fingerprint density at radius 3 is 2.04 bits per heavy atom. The van der Waals surface area contributed by atoms with Gasteiger partial charge in [0.05, 0.1) is 0 Å². The van der Waals surface area contributed by atoms with Crippen LogP contribution in [0.2, 0.25) is 0 Å². The predicted octanol–water partition coefficient (Wildman–Crippen LogP) is 2.85. The summed E-state index contributed by atoms with van der Waals surface area (Å²) in [5, 5.41) is 6.82. The van der Waals surface area contributed by atoms with Gasteiger partial charge in [-0.1, -0.05) is 45.0 Å². The van der Waals surface area contributed by atoms with Gasteiger partial charge in [0.25, 0.3) is 0 Å². The molecule has 1 atom stereocenters. The van der Waals surface area contributed by atoms with Crippen LogP contribution in [-0.4, -0.2) is 42.5 Å². The van der Waals surface area contributed by atoms with Crippen LogP contribution in [0.4, 0.5) is 0 Å². The summed E-state index contributed by atoms with van der Waals surface area (Å²) in [6, 6.07) is 8.21. The summed E-state index contributed by atoms with van der Waals surface area (Å²) in [6.07, 6.45) is 0. The first-order valence-corrected chi connectivity index (χ1v) is 8.95. The predicted molar refractivity (Wildman–Crippen MR) is 100 cm³/mol. The molecule has 2 rings (SSSR count). The summed E-state index contributed by atoms with van der Waals surface area (Å²) in [4.78, 5) is 15.1. The monoisotopic (exact) mass is 331 g/mol. The van der Waals surface area contributed by atoms with Gasteiger partial charge in [0, 0.05) is 31.7 Å². The first-order valence-electron chi connectivity index (χ1n) is 8.95. The largest absolute Gasteiger partial charge is 0.338 e. The minimum Gasteiger partial charge on any atom is -0.338 e. The Balaban J connectivity index is 2.26. The maximum absolute atomic E-state index is 13.1. The van der Waals surface area contributed by atoms with Crippen LogP contribution < -0.4 is 10.6 Å². The van der Waals surface area contributed by atoms with Crippen LogP contribution in [0.3, 0.4) is 0 Å². The van der Waals surface area contributed by atoms with E-state index in [1.165, 1.54) is 5.56 Å². The Bertz CT molecular complexity index is 546. The number of carbonyl (C=O) groups is 1. The van der Waals surface area contributed by atoms with Gasteiger partial charge in [0.2, 0.25) is 5.91 Å². The van der Waals surface area contributed by atoms with Crippen LogP contribution in [0.15, 0.2) is 24.3 Å². The van der Waals surface area contributed by atoms with E-state index in [0.29, 0.717) is 0 Å². The quantitative estimate of drug-likeness (QED) is 0.895. The molecular formula is C20H33N3O. The molecule has 1 aromatic carbocycles. The minimum absolute atomic E-state index is 0.119. The third-order valence-corrected chi connectivity index (χ3v) is 4.36. The van der Waals surface area contributed by atoms with Crippen LogP contribution in [-0.2, 0) is 10.2 Å². The van der Waals surface area contributed by atoms with Crippen LogP contribution in [0.5, 0.6) is 0 Å². The summed E-state index contributed by atoms with van der Waals surface area (Å²) >= 11 is 0. The molecule has 134 valence electrons. The van der Waals surface area contributed by atoms with Gasteiger partial charge in [-0.15, -0.1) is 0 Å². The van der Waals surface area contributed by atoms with Gasteiger partial charge in [-0.2, -0.15) is 0 Å². The molecule has 0 saturated carbocycles. The lowest BCUT2D eigenvalue weighted by Crippen LogP contribution is -2.52. The summed E-state index contributed by atoms with van der Waals surface area (Å²) in [5.74, 6) is 0.176. The van der Waals surface area contributed by atoms with Crippen molar-refractivity contribution in [2.75, 3.05) is 26.2 Å². The van der Waals surface area contributed by atoms with Crippen molar-refractivity contribution < 1.29 is 4.79 Å². The van der Waals surface area contributed by atoms with E-state index in [-0.39, 0.29) is 22.9 Å². The van der Waals surface area contributed by atoms with E-state index >= 15 is 0 Å². The molecule has 2 N–H and O–H groups in total. The SMILES string of the molecule is CC(C)(C)N[C@@H](C(=O)N1CCNCC1)c1ccc(C(C)(C)C)cc1. The lowest BCUT2D eigenvalue weighted by atomic mass is 9.86. The Hall–Kier alpha value is -1.39. The molecule has 0 aromatic heterocycles. The van der Waals surface area contributed by atoms with Crippen molar-refractivity contribution in [1.82, 2.24) is 15.5 Å². The number of rotatable bonds is 3. The second-order valence-electron chi connectivity index (χ2n) is 8.77. The number of amides is 1. The maximum atomic E-state index is 13.1. The second-order valence-corrected chi connectivity index (χ2v) is 8.77. The summed E-state index contributed by atoms with van der Waals surface area (Å²) in [7, 11) is 0. The molecule has 1 saturated heterocycles. The Labute approximate surface area is 147 Å². The molecular weight excluding hydrogens is 298 g/mol. The van der Waals surface area contributed by atoms with Crippen molar-refractivity contribution in [1.29, 1.82) is 0 Å². The zero-order chi connectivity index (χ0) is 18.0. The maximum Gasteiger partial charge on any atom is 0.244 e. The lowest BCUT2D eigenvalue weighted by molar-refractivity contribution is -0.134. The number of nitrogens with one attached hydrogen (secondary N) is 2. The van der Waals surface area contributed by atoms with E-state index in [1.54, 1.807) is 0 Å². The number of hydrogen-bond acceptors (Lipinski definition) is 3. The van der Waals surface area contributed by atoms with E-state index in [4.69, 9.17) is 0 Å². The van der Waals surface area contributed by atoms with Gasteiger partial charge in [0.1, 0.15) is 6.04 Å². The van der Waals surface area contributed by atoms with Crippen molar-refractivity contribution in [3.05, 3.63) is 35.4 Å². The zero-order valence-corrected chi connectivity index (χ0v) is 16.1. The van der Waals surface area contributed by atoms with Gasteiger partial charge in [-0.3, -0.25) is 10.1 Å². The highest BCUT2D eigenvalue weighted by atomic mass is 16.2. The van der Waals surface area contributed by atoms with Crippen molar-refractivity contribution in [3.63, 3.8) is 0 Å². The fourth-order valence-corrected chi connectivity index (χ4v) is 2.96. The number of piperazine rings is 1. The smallest absolute Gasteiger partial charge is 0.244 e. The first-order chi connectivity index (χ1) is 11.1. The molecule has 1 aliphatic rings. The van der Waals surface area contributed by atoms with Crippen LogP contribution in [0, 0.1) is 0 Å². The van der Waals surface area contributed by atoms with E-state index in [1.807, 2.05) is 4.90 Å². The van der Waals surface area contributed by atoms with Crippen LogP contribution in [0.1, 0.15) is 58.7 Å². The van der Waals surface area contributed by atoms with Gasteiger partial charge in [-0.25, -0.2) is 0 Å². The molecule has 0 radical (unpaired) electrons. The highest BCUT2D eigenvalue weighted by Crippen LogP contribution is 2.26. The zero-order valence-electron chi connectivity index (χ0n) is 16.1. The van der Waals surface area contributed by atoms with Crippen molar-refractivity contribution >= 4 is 5.91 Å². The molecule has 1 fully saturated rings. The van der Waals surface area contributed by atoms with Gasteiger partial charge >= 0.3 is 0 Å². The van der Waals surface area contributed by atoms with Crippen LogP contribution >= 0.6 is 0 Å². The average Bonchev–Trinajstić information content (AvgIpc) is 2.51. The molecule has 0 aliphatic carbocycles. The topological polar surface area (TPSA) is 44.4 Å². The number of hydrogen-bond donors (Lipinski definition) is 2. The van der Waals surface area contributed by atoms with Crippen LogP contribution in [0.25, 0.3) is 0 Å². The molecule has 0 unspecified atom stereocenters. The third-order valence-electron chi connectivity index (χ3n) is 4.36. The fraction of sp³-hybridized carbons (Fsp3) is 0.650. The van der Waals surface area contributed by atoms with E-state index in [9.17, 15) is 4.79 Å². The molecule has 4 heteroatoms. The normalized spacial score (nSPS) is 17.7. The number of carbonyl (C=O) groups excluding carboxylic acids is 1. The average molecular weight is 332 g/mol. The molecule has 24 heavy (non-hydrogen) atoms. The molecule has 4 nitrogen and oxygen atoms in total. The highest BCUT2D eigenvalue weighted by Gasteiger charge is 2.30. The number of benzene rings is 1. The van der Waals surface area contributed by atoms with Crippen molar-refractivity contribution in [2.24, 2.45) is 0 Å². The van der Waals surface area contributed by atoms with Gasteiger partial charge in [0.15, 0.2) is 0 Å². The molecule has 0 bridgehead atoms. The summed E-state index contributed by atoms with van der Waals surface area (Å²) in [6.45, 7) is 16.2. The summed E-state index contributed by atoms with van der Waals surface area (Å²) in [5.41, 5.74) is 2.32. The van der Waals surface area contributed by atoms with Gasteiger partial charge < -0.3 is 10.2 Å². The summed E-state index contributed by atoms with van der Waals surface area (Å²) < 4.78 is 0. The fourth-order valence-electron chi connectivity index (χ4n) is 2.96. The van der Waals surface area contributed by atoms with E-state index < -0.39 is 0 Å². The molecule has 0 spiro atoms. The van der Waals surface area contributed by atoms with E-state index in [0.717, 1.165) is 31.7 Å². The third kappa shape index (κ3) is 5.05. The first kappa shape index (κ1) is 18.9. The molecule has 1 amide bonds. The Morgan fingerprint density at radius 2 is 1.58 bits per heavy atom. The van der Waals surface area contributed by atoms with E-state index in [2.05, 4.69) is 76.4 Å². The Morgan fingerprint density at radius 1 is 1.04 bits per heavy atom. The second kappa shape index (κ2) is 7.24. The highest BCUT2D eigenvalue weighted by molar-refractivity contribution is 5.83. The standard InChI is InChI=1S/C20H33N3O/c1-19(2,3)16-9-7-15(8-10-16)17(22-20(4,5)6)18(24)23-13-11-21-12-14-23/h7-10,17,21-22H,11-14H2,1-6H3/t17-/m1/s1. The van der Waals surface area contributed by atoms with Crippen molar-refractivity contribution in [2.45, 2.75) is 58.5 Å². The molecule has 1 aromatic rings.